The molecule has 2 aromatic heterocycles. The van der Waals surface area contributed by atoms with Crippen molar-refractivity contribution < 1.29 is 9.63 Å². The molecule has 0 saturated heterocycles. The van der Waals surface area contributed by atoms with Crippen LogP contribution in [0.2, 0.25) is 0 Å². The van der Waals surface area contributed by atoms with Gasteiger partial charge in [0.1, 0.15) is 12.0 Å². The maximum Gasteiger partial charge on any atom is 0.221 e. The molecule has 2 aromatic rings. The Kier molecular flexibility index (Phi) is 5.49. The third kappa shape index (κ3) is 3.67. The number of hydrogen-bond acceptors (Lipinski definition) is 6. The van der Waals surface area contributed by atoms with E-state index in [0.29, 0.717) is 17.7 Å². The molecule has 0 spiro atoms. The summed E-state index contributed by atoms with van der Waals surface area (Å²) in [4.78, 5) is 26.3. The molecule has 0 fully saturated rings. The molecule has 7 nitrogen and oxygen atoms in total. The third-order valence-electron chi connectivity index (χ3n) is 6.24. The molecule has 1 N–H and O–H groups in total. The molecule has 1 atom stereocenters. The van der Waals surface area contributed by atoms with Gasteiger partial charge in [0.15, 0.2) is 5.84 Å². The van der Waals surface area contributed by atoms with Crippen LogP contribution in [-0.2, 0) is 41.9 Å². The maximum atomic E-state index is 11.0. The molecule has 0 saturated carbocycles. The monoisotopic (exact) mass is 409 g/mol. The average molecular weight is 410 g/mol. The second-order valence-corrected chi connectivity index (χ2v) is 8.97. The molecule has 0 radical (unpaired) electrons. The predicted molar refractivity (Wildman–Crippen MR) is 115 cm³/mol. The zero-order valence-corrected chi connectivity index (χ0v) is 18.6. The molecule has 0 aromatic carbocycles. The summed E-state index contributed by atoms with van der Waals surface area (Å²) in [5.74, 6) is 0.674. The molecule has 2 aliphatic rings. The summed E-state index contributed by atoms with van der Waals surface area (Å²) in [6, 6.07) is 2.07. The number of aromatic nitrogens is 3. The lowest BCUT2D eigenvalue weighted by Crippen LogP contribution is -2.24. The summed E-state index contributed by atoms with van der Waals surface area (Å²) in [7, 11) is 0. The van der Waals surface area contributed by atoms with Crippen LogP contribution in [-0.4, -0.2) is 26.9 Å². The number of aryl methyl sites for hydroxylation is 3. The summed E-state index contributed by atoms with van der Waals surface area (Å²) >= 11 is 0. The predicted octanol–water partition coefficient (Wildman–Crippen LogP) is 3.41. The van der Waals surface area contributed by atoms with E-state index < -0.39 is 6.23 Å². The van der Waals surface area contributed by atoms with Crippen molar-refractivity contribution in [2.75, 3.05) is 0 Å². The number of rotatable bonds is 6. The van der Waals surface area contributed by atoms with Crippen LogP contribution in [0.1, 0.15) is 79.8 Å². The first-order valence-corrected chi connectivity index (χ1v) is 10.9. The van der Waals surface area contributed by atoms with E-state index in [9.17, 15) is 4.79 Å². The second-order valence-electron chi connectivity index (χ2n) is 8.97. The normalized spacial score (nSPS) is 19.9. The molecular formula is C23H31N5O2. The van der Waals surface area contributed by atoms with Crippen molar-refractivity contribution >= 4 is 12.1 Å². The Morgan fingerprint density at radius 1 is 1.37 bits per heavy atom. The van der Waals surface area contributed by atoms with Crippen LogP contribution in [0.15, 0.2) is 11.1 Å². The summed E-state index contributed by atoms with van der Waals surface area (Å²) in [6.45, 7) is 11.6. The first kappa shape index (κ1) is 20.7. The van der Waals surface area contributed by atoms with Crippen LogP contribution in [0, 0.1) is 12.3 Å². The van der Waals surface area contributed by atoms with E-state index >= 15 is 0 Å². The Balaban J connectivity index is 1.69. The molecule has 4 rings (SSSR count). The van der Waals surface area contributed by atoms with Crippen molar-refractivity contribution in [1.82, 2.24) is 20.2 Å². The lowest BCUT2D eigenvalue weighted by molar-refractivity contribution is -0.107. The van der Waals surface area contributed by atoms with Gasteiger partial charge >= 0.3 is 0 Å². The minimum absolute atomic E-state index is 0.295. The molecule has 1 unspecified atom stereocenters. The minimum Gasteiger partial charge on any atom is -0.303 e. The standard InChI is InChI=1S/C23H31N5O2/c1-6-15-12-17(14(3)24-18(15)9-11-29)21-25-22(30-27-21)20-16-8-10-23(4,5)13-19(16)28(7-2)26-20/h11-12,22H,6-10,13H2,1-5H3,(H,25,27). The average Bonchev–Trinajstić information content (AvgIpc) is 3.32. The Bertz CT molecular complexity index is 1010. The fourth-order valence-corrected chi connectivity index (χ4v) is 4.51. The number of fused-ring (bicyclic) bond motifs is 1. The zero-order valence-electron chi connectivity index (χ0n) is 18.6. The van der Waals surface area contributed by atoms with E-state index in [4.69, 9.17) is 14.9 Å². The maximum absolute atomic E-state index is 11.0. The van der Waals surface area contributed by atoms with Crippen LogP contribution < -0.4 is 5.48 Å². The van der Waals surface area contributed by atoms with Crippen molar-refractivity contribution in [1.29, 1.82) is 0 Å². The van der Waals surface area contributed by atoms with Crippen molar-refractivity contribution in [3.05, 3.63) is 45.5 Å². The van der Waals surface area contributed by atoms with Gasteiger partial charge in [0.25, 0.3) is 0 Å². The highest BCUT2D eigenvalue weighted by molar-refractivity contribution is 6.00. The van der Waals surface area contributed by atoms with E-state index in [1.54, 1.807) is 0 Å². The minimum atomic E-state index is -0.457. The molecule has 160 valence electrons. The van der Waals surface area contributed by atoms with Gasteiger partial charge in [-0.15, -0.1) is 0 Å². The molecule has 0 bridgehead atoms. The molecule has 3 heterocycles. The second kappa shape index (κ2) is 7.95. The van der Waals surface area contributed by atoms with Crippen LogP contribution in [0.3, 0.4) is 0 Å². The molecule has 1 aliphatic carbocycles. The number of nitrogens with zero attached hydrogens (tertiary/aromatic N) is 4. The molecule has 7 heteroatoms. The van der Waals surface area contributed by atoms with E-state index in [0.717, 1.165) is 66.7 Å². The Labute approximate surface area is 177 Å². The van der Waals surface area contributed by atoms with Crippen molar-refractivity contribution in [2.45, 2.75) is 79.5 Å². The van der Waals surface area contributed by atoms with E-state index in [-0.39, 0.29) is 0 Å². The largest absolute Gasteiger partial charge is 0.303 e. The topological polar surface area (TPSA) is 81.4 Å². The first-order valence-electron chi connectivity index (χ1n) is 10.9. The fraction of sp³-hybridized carbons (Fsp3) is 0.565. The zero-order chi connectivity index (χ0) is 21.5. The number of aliphatic imine (C=N–C) groups is 1. The van der Waals surface area contributed by atoms with Gasteiger partial charge in [-0.1, -0.05) is 20.8 Å². The van der Waals surface area contributed by atoms with E-state index in [1.807, 2.05) is 6.92 Å². The smallest absolute Gasteiger partial charge is 0.221 e. The molecule has 1 aliphatic heterocycles. The van der Waals surface area contributed by atoms with Gasteiger partial charge in [-0.2, -0.15) is 5.10 Å². The van der Waals surface area contributed by atoms with E-state index in [1.165, 1.54) is 11.3 Å². The van der Waals surface area contributed by atoms with Gasteiger partial charge in [-0.05, 0) is 56.6 Å². The SMILES string of the molecule is CCc1cc(C2=NC(c3nn(CC)c4c3CCC(C)(C)C4)ON2)c(C)nc1CC=O. The molecule has 30 heavy (non-hydrogen) atoms. The lowest BCUT2D eigenvalue weighted by atomic mass is 9.76. The Hall–Kier alpha value is -2.54. The van der Waals surface area contributed by atoms with Gasteiger partial charge in [-0.25, -0.2) is 15.3 Å². The Morgan fingerprint density at radius 3 is 2.87 bits per heavy atom. The lowest BCUT2D eigenvalue weighted by Gasteiger charge is -2.30. The van der Waals surface area contributed by atoms with E-state index in [2.05, 4.69) is 48.9 Å². The number of nitrogens with one attached hydrogen (secondary N) is 1. The van der Waals surface area contributed by atoms with Crippen molar-refractivity contribution in [3.8, 4) is 0 Å². The summed E-state index contributed by atoms with van der Waals surface area (Å²) < 4.78 is 2.11. The number of hydroxylamine groups is 1. The number of aldehydes is 1. The molecule has 0 amide bonds. The van der Waals surface area contributed by atoms with Crippen LogP contribution in [0.5, 0.6) is 0 Å². The van der Waals surface area contributed by atoms with Gasteiger partial charge in [0.2, 0.25) is 6.23 Å². The molecular weight excluding hydrogens is 378 g/mol. The quantitative estimate of drug-likeness (QED) is 0.740. The van der Waals surface area contributed by atoms with Crippen LogP contribution in [0.4, 0.5) is 0 Å². The number of hydrogen-bond donors (Lipinski definition) is 1. The number of amidine groups is 1. The number of carbonyl (C=O) groups is 1. The Morgan fingerprint density at radius 2 is 2.17 bits per heavy atom. The van der Waals surface area contributed by atoms with Gasteiger partial charge in [0, 0.05) is 35.5 Å². The summed E-state index contributed by atoms with van der Waals surface area (Å²) in [5, 5.41) is 4.87. The number of pyridine rings is 1. The van der Waals surface area contributed by atoms with Crippen LogP contribution in [0.25, 0.3) is 0 Å². The summed E-state index contributed by atoms with van der Waals surface area (Å²) in [6.07, 6.45) is 4.76. The third-order valence-corrected chi connectivity index (χ3v) is 6.24. The highest BCUT2D eigenvalue weighted by Crippen LogP contribution is 2.39. The number of carbonyl (C=O) groups excluding carboxylic acids is 1. The van der Waals surface area contributed by atoms with Crippen molar-refractivity contribution in [2.24, 2.45) is 10.4 Å². The first-order chi connectivity index (χ1) is 14.4. The summed E-state index contributed by atoms with van der Waals surface area (Å²) in [5.41, 5.74) is 10.5. The van der Waals surface area contributed by atoms with Gasteiger partial charge in [-0.3, -0.25) is 9.67 Å². The highest BCUT2D eigenvalue weighted by atomic mass is 16.7. The van der Waals surface area contributed by atoms with Crippen molar-refractivity contribution in [3.63, 3.8) is 0 Å². The van der Waals surface area contributed by atoms with Gasteiger partial charge in [0.05, 0.1) is 5.69 Å². The van der Waals surface area contributed by atoms with Gasteiger partial charge < -0.3 is 4.79 Å². The fourth-order valence-electron chi connectivity index (χ4n) is 4.51. The highest BCUT2D eigenvalue weighted by Gasteiger charge is 2.35. The van der Waals surface area contributed by atoms with Crippen LogP contribution >= 0.6 is 0 Å².